The number of ether oxygens (including phenoxy) is 1. The largest absolute Gasteiger partial charge is 0.426 e. The molecule has 3 amide bonds. The van der Waals surface area contributed by atoms with Gasteiger partial charge in [-0.2, -0.15) is 0 Å². The Morgan fingerprint density at radius 2 is 1.23 bits per heavy atom. The van der Waals surface area contributed by atoms with Gasteiger partial charge >= 0.3 is 5.97 Å². The minimum Gasteiger partial charge on any atom is -0.426 e. The molecular weight excluding hydrogens is 552 g/mol. The molecule has 0 spiro atoms. The number of benzene rings is 4. The maximum atomic E-state index is 14.1. The Balaban J connectivity index is 1.06. The number of carbonyl (C=O) groups excluding carboxylic acids is 4. The second-order valence-electron chi connectivity index (χ2n) is 12.3. The first-order valence-corrected chi connectivity index (χ1v) is 15.1. The fraction of sp³-hybridized carbons (Fsp3) is 0.243. The Kier molecular flexibility index (Phi) is 5.88. The third-order valence-electron chi connectivity index (χ3n) is 9.91. The summed E-state index contributed by atoms with van der Waals surface area (Å²) in [7, 11) is 0. The van der Waals surface area contributed by atoms with Crippen molar-refractivity contribution >= 4 is 35.1 Å². The first-order valence-electron chi connectivity index (χ1n) is 15.1. The smallest absolute Gasteiger partial charge is 0.316 e. The molecule has 2 saturated heterocycles. The fourth-order valence-electron chi connectivity index (χ4n) is 8.13. The van der Waals surface area contributed by atoms with Crippen molar-refractivity contribution in [3.05, 3.63) is 124 Å². The number of rotatable bonds is 4. The van der Waals surface area contributed by atoms with Crippen LogP contribution in [0.4, 0.5) is 11.4 Å². The van der Waals surface area contributed by atoms with Crippen LogP contribution in [0.15, 0.2) is 91.0 Å². The van der Waals surface area contributed by atoms with Crippen molar-refractivity contribution in [3.8, 4) is 5.75 Å². The van der Waals surface area contributed by atoms with Gasteiger partial charge in [-0.25, -0.2) is 4.90 Å². The Morgan fingerprint density at radius 1 is 0.705 bits per heavy atom. The topological polar surface area (TPSA) is 84.0 Å². The van der Waals surface area contributed by atoms with E-state index < -0.39 is 23.7 Å². The number of hydrogen-bond acceptors (Lipinski definition) is 5. The molecule has 7 heteroatoms. The number of esters is 1. The van der Waals surface area contributed by atoms with Crippen molar-refractivity contribution in [3.63, 3.8) is 0 Å². The predicted molar refractivity (Wildman–Crippen MR) is 164 cm³/mol. The Labute approximate surface area is 255 Å². The average Bonchev–Trinajstić information content (AvgIpc) is 3.54. The van der Waals surface area contributed by atoms with Gasteiger partial charge in [0.25, 0.3) is 0 Å². The first kappa shape index (κ1) is 26.6. The monoisotopic (exact) mass is 582 g/mol. The summed E-state index contributed by atoms with van der Waals surface area (Å²) in [6, 6.07) is 28.7. The van der Waals surface area contributed by atoms with Crippen LogP contribution in [0, 0.1) is 31.6 Å². The summed E-state index contributed by atoms with van der Waals surface area (Å²) in [6.07, 6.45) is 0.0582. The molecule has 44 heavy (non-hydrogen) atoms. The van der Waals surface area contributed by atoms with Crippen LogP contribution in [-0.4, -0.2) is 30.2 Å². The predicted octanol–water partition coefficient (Wildman–Crippen LogP) is 5.66. The molecule has 4 aromatic rings. The number of hydrogen-bond donors (Lipinski definition) is 0. The SMILES string of the molecule is Cc1cccc(C)c1N1C[C@H](C(=O)Oc2cccc(N3C(=O)[C@H]4C5c6ccccc6C(c6ccccc65)[C@@H]4C3=O)c2)CC1=O. The summed E-state index contributed by atoms with van der Waals surface area (Å²) in [5, 5.41) is 0. The van der Waals surface area contributed by atoms with Crippen LogP contribution in [0.1, 0.15) is 51.6 Å². The second-order valence-corrected chi connectivity index (χ2v) is 12.3. The highest BCUT2D eigenvalue weighted by atomic mass is 16.5. The number of carbonyl (C=O) groups is 4. The molecule has 3 aliphatic carbocycles. The lowest BCUT2D eigenvalue weighted by atomic mass is 9.55. The van der Waals surface area contributed by atoms with Crippen LogP contribution >= 0.6 is 0 Å². The van der Waals surface area contributed by atoms with Gasteiger partial charge in [0.1, 0.15) is 5.75 Å². The zero-order chi connectivity index (χ0) is 30.3. The van der Waals surface area contributed by atoms with E-state index in [0.29, 0.717) is 5.69 Å². The number of amides is 3. The maximum Gasteiger partial charge on any atom is 0.316 e. The molecule has 0 aromatic heterocycles. The van der Waals surface area contributed by atoms with Gasteiger partial charge in [-0.05, 0) is 59.4 Å². The molecular formula is C37H30N2O5. The van der Waals surface area contributed by atoms with E-state index in [4.69, 9.17) is 4.74 Å². The van der Waals surface area contributed by atoms with Gasteiger partial charge < -0.3 is 9.64 Å². The van der Waals surface area contributed by atoms with Crippen LogP contribution < -0.4 is 14.5 Å². The van der Waals surface area contributed by atoms with E-state index in [-0.39, 0.29) is 48.3 Å². The molecule has 2 bridgehead atoms. The van der Waals surface area contributed by atoms with Crippen LogP contribution in [-0.2, 0) is 19.2 Å². The Bertz CT molecular complexity index is 1780. The van der Waals surface area contributed by atoms with Crippen molar-refractivity contribution in [2.45, 2.75) is 32.1 Å². The normalized spacial score (nSPS) is 24.8. The van der Waals surface area contributed by atoms with Gasteiger partial charge in [0.2, 0.25) is 17.7 Å². The van der Waals surface area contributed by atoms with E-state index in [1.807, 2.05) is 56.3 Å². The van der Waals surface area contributed by atoms with Gasteiger partial charge in [0, 0.05) is 36.6 Å². The third-order valence-corrected chi connectivity index (χ3v) is 9.91. The minimum atomic E-state index is -0.629. The van der Waals surface area contributed by atoms with E-state index in [9.17, 15) is 19.2 Å². The lowest BCUT2D eigenvalue weighted by Gasteiger charge is -2.45. The van der Waals surface area contributed by atoms with Gasteiger partial charge in [0.15, 0.2) is 0 Å². The zero-order valence-electron chi connectivity index (χ0n) is 24.4. The van der Waals surface area contributed by atoms with Gasteiger partial charge in [-0.1, -0.05) is 72.8 Å². The van der Waals surface area contributed by atoms with Crippen molar-refractivity contribution in [1.29, 1.82) is 0 Å². The number of anilines is 2. The molecule has 4 aromatic carbocycles. The molecule has 2 fully saturated rings. The molecule has 3 atom stereocenters. The Morgan fingerprint density at radius 3 is 1.77 bits per heavy atom. The van der Waals surface area contributed by atoms with Gasteiger partial charge in [0.05, 0.1) is 23.4 Å². The number of imide groups is 1. The standard InChI is InChI=1S/C37H30N2O5/c1-20-9-7-10-21(2)34(20)38-19-22(17-29(38)40)37(43)44-24-12-8-11-23(18-24)39-35(41)32-30-25-13-3-4-14-26(25)31(33(32)36(39)42)28-16-6-5-15-27(28)30/h3-16,18,22,30-33H,17,19H2,1-2H3/t22-,30?,31?,32+,33+/m1/s1. The average molecular weight is 583 g/mol. The molecule has 2 heterocycles. The van der Waals surface area contributed by atoms with Crippen LogP contribution in [0.25, 0.3) is 0 Å². The lowest BCUT2D eigenvalue weighted by molar-refractivity contribution is -0.139. The van der Waals surface area contributed by atoms with Gasteiger partial charge in [-0.3, -0.25) is 19.2 Å². The third kappa shape index (κ3) is 3.75. The maximum absolute atomic E-state index is 14.1. The lowest BCUT2D eigenvalue weighted by Crippen LogP contribution is -2.41. The number of aryl methyl sites for hydroxylation is 2. The van der Waals surface area contributed by atoms with E-state index in [0.717, 1.165) is 39.1 Å². The fourth-order valence-corrected chi connectivity index (χ4v) is 8.13. The summed E-state index contributed by atoms with van der Waals surface area (Å²) >= 11 is 0. The molecule has 218 valence electrons. The molecule has 0 radical (unpaired) electrons. The van der Waals surface area contributed by atoms with E-state index >= 15 is 0 Å². The van der Waals surface area contributed by atoms with Crippen LogP contribution in [0.3, 0.4) is 0 Å². The van der Waals surface area contributed by atoms with E-state index in [2.05, 4.69) is 24.3 Å². The quantitative estimate of drug-likeness (QED) is 0.176. The number of nitrogens with zero attached hydrogens (tertiary/aromatic N) is 2. The molecule has 9 rings (SSSR count). The summed E-state index contributed by atoms with van der Waals surface area (Å²) in [5.74, 6) is -2.87. The highest BCUT2D eigenvalue weighted by Gasteiger charge is 2.61. The van der Waals surface area contributed by atoms with Crippen molar-refractivity contribution in [2.24, 2.45) is 17.8 Å². The van der Waals surface area contributed by atoms with Crippen LogP contribution in [0.2, 0.25) is 0 Å². The summed E-state index contributed by atoms with van der Waals surface area (Å²) in [4.78, 5) is 57.4. The summed E-state index contributed by atoms with van der Waals surface area (Å²) < 4.78 is 5.77. The molecule has 2 aliphatic heterocycles. The van der Waals surface area contributed by atoms with Crippen molar-refractivity contribution in [1.82, 2.24) is 0 Å². The van der Waals surface area contributed by atoms with Crippen molar-refractivity contribution in [2.75, 3.05) is 16.3 Å². The van der Waals surface area contributed by atoms with Crippen molar-refractivity contribution < 1.29 is 23.9 Å². The minimum absolute atomic E-state index is 0.0582. The van der Waals surface area contributed by atoms with E-state index in [1.54, 1.807) is 29.2 Å². The summed E-state index contributed by atoms with van der Waals surface area (Å²) in [5.41, 5.74) is 7.62. The molecule has 0 unspecified atom stereocenters. The number of para-hydroxylation sites is 1. The highest BCUT2D eigenvalue weighted by molar-refractivity contribution is 6.23. The molecule has 7 nitrogen and oxygen atoms in total. The van der Waals surface area contributed by atoms with Crippen LogP contribution in [0.5, 0.6) is 5.75 Å². The first-order chi connectivity index (χ1) is 21.3. The summed E-state index contributed by atoms with van der Waals surface area (Å²) in [6.45, 7) is 4.14. The van der Waals surface area contributed by atoms with Gasteiger partial charge in [-0.15, -0.1) is 0 Å². The second kappa shape index (κ2) is 9.74. The molecule has 5 aliphatic rings. The highest BCUT2D eigenvalue weighted by Crippen LogP contribution is 2.61. The molecule has 0 saturated carbocycles. The Hall–Kier alpha value is -5.04. The van der Waals surface area contributed by atoms with E-state index in [1.165, 1.54) is 4.90 Å². The molecule has 0 N–H and O–H groups in total. The zero-order valence-corrected chi connectivity index (χ0v) is 24.4.